The van der Waals surface area contributed by atoms with Crippen molar-refractivity contribution in [2.24, 2.45) is 5.73 Å². The first-order valence-corrected chi connectivity index (χ1v) is 3.63. The summed E-state index contributed by atoms with van der Waals surface area (Å²) in [7, 11) is 0. The lowest BCUT2D eigenvalue weighted by molar-refractivity contribution is 0.506. The first kappa shape index (κ1) is 8.00. The minimum atomic E-state index is 0.468. The minimum absolute atomic E-state index is 0.468. The van der Waals surface area contributed by atoms with Gasteiger partial charge >= 0.3 is 6.01 Å². The average molecular weight is 156 g/mol. The lowest BCUT2D eigenvalue weighted by Crippen LogP contribution is -2.02. The Morgan fingerprint density at radius 2 is 2.36 bits per heavy atom. The molecule has 0 unspecified atom stereocenters. The zero-order valence-corrected chi connectivity index (χ0v) is 6.50. The van der Waals surface area contributed by atoms with E-state index in [-0.39, 0.29) is 0 Å². The summed E-state index contributed by atoms with van der Waals surface area (Å²) in [5, 5.41) is 10.4. The molecule has 0 aliphatic rings. The van der Waals surface area contributed by atoms with Gasteiger partial charge in [-0.1, -0.05) is 5.10 Å². The van der Waals surface area contributed by atoms with Gasteiger partial charge in [0.25, 0.3) is 0 Å². The van der Waals surface area contributed by atoms with Crippen molar-refractivity contribution >= 4 is 6.01 Å². The van der Waals surface area contributed by atoms with Gasteiger partial charge in [-0.05, 0) is 6.92 Å². The van der Waals surface area contributed by atoms with Crippen molar-refractivity contribution in [3.8, 4) is 0 Å². The molecule has 0 aliphatic heterocycles. The van der Waals surface area contributed by atoms with Crippen molar-refractivity contribution in [1.29, 1.82) is 0 Å². The van der Waals surface area contributed by atoms with Crippen LogP contribution < -0.4 is 11.1 Å². The van der Waals surface area contributed by atoms with Crippen LogP contribution in [0.5, 0.6) is 0 Å². The molecule has 0 atom stereocenters. The van der Waals surface area contributed by atoms with E-state index in [1.54, 1.807) is 0 Å². The fourth-order valence-corrected chi connectivity index (χ4v) is 0.701. The van der Waals surface area contributed by atoms with Crippen LogP contribution in [0.15, 0.2) is 4.42 Å². The second kappa shape index (κ2) is 3.92. The number of anilines is 1. The largest absolute Gasteiger partial charge is 0.408 e. The molecule has 0 radical (unpaired) electrons. The zero-order chi connectivity index (χ0) is 8.10. The average Bonchev–Trinajstić information content (AvgIpc) is 2.38. The van der Waals surface area contributed by atoms with Crippen molar-refractivity contribution in [1.82, 2.24) is 10.2 Å². The number of nitrogens with two attached hydrogens (primary N) is 1. The van der Waals surface area contributed by atoms with Crippen LogP contribution in [0.3, 0.4) is 0 Å². The highest BCUT2D eigenvalue weighted by atomic mass is 16.4. The molecule has 0 spiro atoms. The SMILES string of the molecule is CCNc1nnc(CCN)o1. The van der Waals surface area contributed by atoms with Crippen LogP contribution in [0, 0.1) is 0 Å². The molecule has 1 aromatic heterocycles. The number of aromatic nitrogens is 2. The quantitative estimate of drug-likeness (QED) is 0.641. The van der Waals surface area contributed by atoms with Crippen LogP contribution in [-0.4, -0.2) is 23.3 Å². The smallest absolute Gasteiger partial charge is 0.315 e. The van der Waals surface area contributed by atoms with Gasteiger partial charge in [0.1, 0.15) is 0 Å². The molecule has 0 fully saturated rings. The maximum absolute atomic E-state index is 5.30. The van der Waals surface area contributed by atoms with E-state index in [9.17, 15) is 0 Å². The van der Waals surface area contributed by atoms with E-state index < -0.39 is 0 Å². The van der Waals surface area contributed by atoms with E-state index in [0.29, 0.717) is 24.9 Å². The van der Waals surface area contributed by atoms with E-state index in [0.717, 1.165) is 6.54 Å². The second-order valence-corrected chi connectivity index (χ2v) is 2.07. The first-order chi connectivity index (χ1) is 5.36. The normalized spacial score (nSPS) is 10.0. The van der Waals surface area contributed by atoms with E-state index in [1.165, 1.54) is 0 Å². The molecule has 1 heterocycles. The van der Waals surface area contributed by atoms with Gasteiger partial charge in [-0.25, -0.2) is 0 Å². The summed E-state index contributed by atoms with van der Waals surface area (Å²) in [5.41, 5.74) is 5.30. The molecule has 0 aromatic carbocycles. The van der Waals surface area contributed by atoms with Gasteiger partial charge < -0.3 is 15.5 Å². The summed E-state index contributed by atoms with van der Waals surface area (Å²) in [5.74, 6) is 0.587. The maximum Gasteiger partial charge on any atom is 0.315 e. The van der Waals surface area contributed by atoms with Gasteiger partial charge in [-0.15, -0.1) is 5.10 Å². The summed E-state index contributed by atoms with van der Waals surface area (Å²) >= 11 is 0. The molecular weight excluding hydrogens is 144 g/mol. The van der Waals surface area contributed by atoms with E-state index in [1.807, 2.05) is 6.92 Å². The van der Waals surface area contributed by atoms with Crippen LogP contribution in [-0.2, 0) is 6.42 Å². The molecule has 0 saturated heterocycles. The zero-order valence-electron chi connectivity index (χ0n) is 6.50. The molecule has 3 N–H and O–H groups in total. The number of rotatable bonds is 4. The summed E-state index contributed by atoms with van der Waals surface area (Å²) in [6.07, 6.45) is 0.637. The predicted molar refractivity (Wildman–Crippen MR) is 41.2 cm³/mol. The number of hydrogen-bond donors (Lipinski definition) is 2. The van der Waals surface area contributed by atoms with Crippen LogP contribution in [0.25, 0.3) is 0 Å². The second-order valence-electron chi connectivity index (χ2n) is 2.07. The Hall–Kier alpha value is -1.10. The van der Waals surface area contributed by atoms with Crippen LogP contribution in [0.1, 0.15) is 12.8 Å². The summed E-state index contributed by atoms with van der Waals surface area (Å²) in [4.78, 5) is 0. The minimum Gasteiger partial charge on any atom is -0.408 e. The summed E-state index contributed by atoms with van der Waals surface area (Å²) in [6, 6.07) is 0.468. The van der Waals surface area contributed by atoms with Crippen molar-refractivity contribution in [2.75, 3.05) is 18.4 Å². The molecule has 0 aliphatic carbocycles. The molecule has 0 bridgehead atoms. The lowest BCUT2D eigenvalue weighted by atomic mass is 10.4. The monoisotopic (exact) mass is 156 g/mol. The highest BCUT2D eigenvalue weighted by Gasteiger charge is 2.01. The molecule has 5 nitrogen and oxygen atoms in total. The van der Waals surface area contributed by atoms with Gasteiger partial charge in [0.15, 0.2) is 0 Å². The van der Waals surface area contributed by atoms with Gasteiger partial charge in [0.2, 0.25) is 5.89 Å². The van der Waals surface area contributed by atoms with E-state index in [2.05, 4.69) is 15.5 Å². The van der Waals surface area contributed by atoms with Gasteiger partial charge in [-0.3, -0.25) is 0 Å². The maximum atomic E-state index is 5.30. The Morgan fingerprint density at radius 3 is 3.00 bits per heavy atom. The summed E-state index contributed by atoms with van der Waals surface area (Å²) in [6.45, 7) is 3.28. The summed E-state index contributed by atoms with van der Waals surface area (Å²) < 4.78 is 5.15. The highest BCUT2D eigenvalue weighted by molar-refractivity contribution is 5.15. The third-order valence-electron chi connectivity index (χ3n) is 1.15. The number of nitrogens with zero attached hydrogens (tertiary/aromatic N) is 2. The highest BCUT2D eigenvalue weighted by Crippen LogP contribution is 2.04. The Balaban J connectivity index is 2.51. The molecule has 0 amide bonds. The van der Waals surface area contributed by atoms with Crippen molar-refractivity contribution in [3.05, 3.63) is 5.89 Å². The fraction of sp³-hybridized carbons (Fsp3) is 0.667. The van der Waals surface area contributed by atoms with Gasteiger partial charge in [0, 0.05) is 19.5 Å². The first-order valence-electron chi connectivity index (χ1n) is 3.63. The lowest BCUT2D eigenvalue weighted by Gasteiger charge is -1.91. The van der Waals surface area contributed by atoms with Crippen LogP contribution >= 0.6 is 0 Å². The van der Waals surface area contributed by atoms with Crippen molar-refractivity contribution in [2.45, 2.75) is 13.3 Å². The Labute approximate surface area is 65.0 Å². The van der Waals surface area contributed by atoms with Crippen molar-refractivity contribution in [3.63, 3.8) is 0 Å². The molecular formula is C6H12N4O. The third kappa shape index (κ3) is 2.19. The van der Waals surface area contributed by atoms with Crippen LogP contribution in [0.2, 0.25) is 0 Å². The topological polar surface area (TPSA) is 77.0 Å². The van der Waals surface area contributed by atoms with E-state index >= 15 is 0 Å². The third-order valence-corrected chi connectivity index (χ3v) is 1.15. The molecule has 5 heteroatoms. The number of nitrogens with one attached hydrogen (secondary N) is 1. The predicted octanol–water partition coefficient (Wildman–Crippen LogP) is 0.00260. The fourth-order valence-electron chi connectivity index (χ4n) is 0.701. The van der Waals surface area contributed by atoms with Gasteiger partial charge in [-0.2, -0.15) is 0 Å². The molecule has 62 valence electrons. The molecule has 11 heavy (non-hydrogen) atoms. The standard InChI is InChI=1S/C6H12N4O/c1-2-8-6-10-9-5(11-6)3-4-7/h2-4,7H2,1H3,(H,8,10). The van der Waals surface area contributed by atoms with E-state index in [4.69, 9.17) is 10.2 Å². The van der Waals surface area contributed by atoms with Crippen LogP contribution in [0.4, 0.5) is 6.01 Å². The Morgan fingerprint density at radius 1 is 1.55 bits per heavy atom. The molecule has 0 saturated carbocycles. The van der Waals surface area contributed by atoms with Gasteiger partial charge in [0.05, 0.1) is 0 Å². The molecule has 1 aromatic rings. The number of hydrogen-bond acceptors (Lipinski definition) is 5. The Kier molecular flexibility index (Phi) is 2.85. The molecule has 1 rings (SSSR count). The Bertz CT molecular complexity index is 190. The van der Waals surface area contributed by atoms with Crippen molar-refractivity contribution < 1.29 is 4.42 Å².